The standard InChI is InChI=1S/C19H33N3O.C12H23N3O.C6H12/c1-13-7-17(8-13)15(3)20-14(2)5-6-21-9-18-11-22(16(4)23)12-19(18)10-21;1-9(13)3-4-14-5-11-7-15(10(2)16)8-12(11)6-14;1-5-3-6(2)4-5/h13-14,17-20H,3,5-12H2,1-2,4H3;9,11-12H,3-8,13H2,1-2H3;5-6H,3-4H2,1-2H3/t13?,14-,17?,18-,19+;9-,11-,12+;/m11./s1. The molecule has 4 aliphatic heterocycles. The van der Waals surface area contributed by atoms with Gasteiger partial charge in [0.1, 0.15) is 0 Å². The van der Waals surface area contributed by atoms with Gasteiger partial charge in [0, 0.05) is 90.5 Å². The summed E-state index contributed by atoms with van der Waals surface area (Å²) >= 11 is 0. The van der Waals surface area contributed by atoms with E-state index in [0.29, 0.717) is 41.7 Å². The van der Waals surface area contributed by atoms with Crippen molar-refractivity contribution >= 4 is 11.8 Å². The fraction of sp³-hybridized carbons (Fsp3) is 0.892. The maximum absolute atomic E-state index is 11.5. The number of fused-ring (bicyclic) bond motifs is 2. The fourth-order valence-corrected chi connectivity index (χ4v) is 8.82. The Morgan fingerprint density at radius 1 is 0.689 bits per heavy atom. The molecule has 0 spiro atoms. The Morgan fingerprint density at radius 3 is 1.38 bits per heavy atom. The first-order valence-electron chi connectivity index (χ1n) is 18.4. The van der Waals surface area contributed by atoms with E-state index < -0.39 is 0 Å². The molecule has 8 heteroatoms. The molecule has 8 nitrogen and oxygen atoms in total. The van der Waals surface area contributed by atoms with E-state index in [1.165, 1.54) is 50.9 Å². The van der Waals surface area contributed by atoms with E-state index in [1.54, 1.807) is 13.8 Å². The van der Waals surface area contributed by atoms with Gasteiger partial charge in [0.15, 0.2) is 0 Å². The number of nitrogens with one attached hydrogen (secondary N) is 1. The molecule has 0 unspecified atom stereocenters. The first-order valence-corrected chi connectivity index (χ1v) is 18.4. The summed E-state index contributed by atoms with van der Waals surface area (Å²) in [6.07, 6.45) is 7.81. The number of rotatable bonds is 9. The topological polar surface area (TPSA) is 85.2 Å². The van der Waals surface area contributed by atoms with Crippen LogP contribution < -0.4 is 11.1 Å². The van der Waals surface area contributed by atoms with E-state index >= 15 is 0 Å². The Bertz CT molecular complexity index is 942. The maximum Gasteiger partial charge on any atom is 0.219 e. The molecule has 4 saturated heterocycles. The minimum atomic E-state index is 0.233. The maximum atomic E-state index is 11.5. The van der Waals surface area contributed by atoms with Crippen LogP contribution in [-0.2, 0) is 9.59 Å². The summed E-state index contributed by atoms with van der Waals surface area (Å²) in [6.45, 7) is 29.7. The van der Waals surface area contributed by atoms with E-state index in [9.17, 15) is 9.59 Å². The lowest BCUT2D eigenvalue weighted by Crippen LogP contribution is -2.37. The Hall–Kier alpha value is -1.64. The Kier molecular flexibility index (Phi) is 13.2. The van der Waals surface area contributed by atoms with Gasteiger partial charge in [-0.05, 0) is 106 Å². The molecule has 6 rings (SSSR count). The molecule has 2 saturated carbocycles. The average molecular weight is 629 g/mol. The SMILES string of the molecule is C=C(N[C@H](C)CCN1C[C@@H]2CN(C(C)=O)C[C@@H]2C1)C1CC(C)C1.CC(=O)N1C[C@H]2CN(CC[C@@H](C)N)C[C@H]2C1.CC1CC(C)C1. The average Bonchev–Trinajstić information content (AvgIpc) is 3.68. The molecule has 2 aliphatic carbocycles. The molecule has 258 valence electrons. The van der Waals surface area contributed by atoms with Crippen LogP contribution in [0.25, 0.3) is 0 Å². The number of carbonyl (C=O) groups excluding carboxylic acids is 2. The largest absolute Gasteiger partial charge is 0.386 e. The van der Waals surface area contributed by atoms with Gasteiger partial charge >= 0.3 is 0 Å². The van der Waals surface area contributed by atoms with Gasteiger partial charge in [0.2, 0.25) is 11.8 Å². The van der Waals surface area contributed by atoms with Crippen molar-refractivity contribution in [2.75, 3.05) is 65.4 Å². The molecule has 2 amide bonds. The van der Waals surface area contributed by atoms with Crippen LogP contribution in [0.1, 0.15) is 87.0 Å². The second kappa shape index (κ2) is 16.5. The Balaban J connectivity index is 0.000000180. The van der Waals surface area contributed by atoms with Crippen molar-refractivity contribution in [3.05, 3.63) is 12.3 Å². The summed E-state index contributed by atoms with van der Waals surface area (Å²) < 4.78 is 0. The van der Waals surface area contributed by atoms with Crippen molar-refractivity contribution in [1.29, 1.82) is 0 Å². The van der Waals surface area contributed by atoms with Crippen molar-refractivity contribution in [1.82, 2.24) is 24.9 Å². The van der Waals surface area contributed by atoms with Gasteiger partial charge in [0.25, 0.3) is 0 Å². The highest BCUT2D eigenvalue weighted by atomic mass is 16.2. The van der Waals surface area contributed by atoms with Crippen LogP contribution in [0.15, 0.2) is 12.3 Å². The molecular weight excluding hydrogens is 560 g/mol. The number of allylic oxidation sites excluding steroid dienone is 1. The van der Waals surface area contributed by atoms with Crippen LogP contribution in [0.3, 0.4) is 0 Å². The third-order valence-electron chi connectivity index (χ3n) is 11.7. The fourth-order valence-electron chi connectivity index (χ4n) is 8.82. The predicted octanol–water partition coefficient (Wildman–Crippen LogP) is 4.51. The summed E-state index contributed by atoms with van der Waals surface area (Å²) in [5.74, 6) is 6.96. The minimum Gasteiger partial charge on any atom is -0.386 e. The van der Waals surface area contributed by atoms with Crippen LogP contribution in [0.2, 0.25) is 0 Å². The van der Waals surface area contributed by atoms with Crippen LogP contribution in [-0.4, -0.2) is 109 Å². The Morgan fingerprint density at radius 2 is 1.07 bits per heavy atom. The zero-order chi connectivity index (χ0) is 32.8. The van der Waals surface area contributed by atoms with E-state index in [4.69, 9.17) is 5.73 Å². The molecule has 0 bridgehead atoms. The highest BCUT2D eigenvalue weighted by Crippen LogP contribution is 2.37. The van der Waals surface area contributed by atoms with Crippen molar-refractivity contribution < 1.29 is 9.59 Å². The Labute approximate surface area is 275 Å². The first kappa shape index (κ1) is 36.2. The molecule has 4 heterocycles. The van der Waals surface area contributed by atoms with Gasteiger partial charge in [-0.2, -0.15) is 0 Å². The summed E-state index contributed by atoms with van der Waals surface area (Å²) in [5.41, 5.74) is 7.02. The highest BCUT2D eigenvalue weighted by Gasteiger charge is 2.41. The normalized spacial score (nSPS) is 35.1. The predicted molar refractivity (Wildman–Crippen MR) is 185 cm³/mol. The van der Waals surface area contributed by atoms with E-state index in [2.05, 4.69) is 56.3 Å². The molecule has 6 aliphatic rings. The zero-order valence-corrected chi connectivity index (χ0v) is 30.0. The molecule has 0 aromatic carbocycles. The van der Waals surface area contributed by atoms with Gasteiger partial charge in [-0.25, -0.2) is 0 Å². The van der Waals surface area contributed by atoms with Gasteiger partial charge in [-0.15, -0.1) is 0 Å². The van der Waals surface area contributed by atoms with Crippen LogP contribution in [0, 0.1) is 47.3 Å². The van der Waals surface area contributed by atoms with Crippen molar-refractivity contribution in [3.8, 4) is 0 Å². The van der Waals surface area contributed by atoms with E-state index in [-0.39, 0.29) is 11.8 Å². The molecule has 3 N–H and O–H groups in total. The smallest absolute Gasteiger partial charge is 0.219 e. The van der Waals surface area contributed by atoms with E-state index in [0.717, 1.165) is 76.5 Å². The molecule has 0 aromatic rings. The molecule has 0 radical (unpaired) electrons. The number of amides is 2. The molecule has 0 aromatic heterocycles. The van der Waals surface area contributed by atoms with Crippen molar-refractivity contribution in [2.24, 2.45) is 53.1 Å². The summed E-state index contributed by atoms with van der Waals surface area (Å²) in [4.78, 5) is 31.9. The lowest BCUT2D eigenvalue weighted by Gasteiger charge is -2.36. The molecule has 45 heavy (non-hydrogen) atoms. The second-order valence-corrected chi connectivity index (χ2v) is 16.5. The highest BCUT2D eigenvalue weighted by molar-refractivity contribution is 5.74. The number of nitrogens with two attached hydrogens (primary N) is 1. The molecule has 6 fully saturated rings. The van der Waals surface area contributed by atoms with Crippen molar-refractivity contribution in [3.63, 3.8) is 0 Å². The quantitative estimate of drug-likeness (QED) is 0.391. The molecular formula is C37H68N6O2. The third kappa shape index (κ3) is 10.7. The van der Waals surface area contributed by atoms with Crippen LogP contribution in [0.5, 0.6) is 0 Å². The monoisotopic (exact) mass is 629 g/mol. The number of hydrogen-bond donors (Lipinski definition) is 2. The second-order valence-electron chi connectivity index (χ2n) is 16.5. The molecule has 6 atom stereocenters. The zero-order valence-electron chi connectivity index (χ0n) is 30.0. The number of carbonyl (C=O) groups is 2. The van der Waals surface area contributed by atoms with Gasteiger partial charge in [0.05, 0.1) is 0 Å². The summed E-state index contributed by atoms with van der Waals surface area (Å²) in [7, 11) is 0. The number of nitrogens with zero attached hydrogens (tertiary/aromatic N) is 4. The lowest BCUT2D eigenvalue weighted by molar-refractivity contribution is -0.129. The van der Waals surface area contributed by atoms with Crippen LogP contribution >= 0.6 is 0 Å². The van der Waals surface area contributed by atoms with E-state index in [1.807, 2.05) is 9.80 Å². The van der Waals surface area contributed by atoms with Gasteiger partial charge in [-0.1, -0.05) is 27.4 Å². The minimum absolute atomic E-state index is 0.233. The number of likely N-dealkylation sites (tertiary alicyclic amines) is 4. The van der Waals surface area contributed by atoms with Crippen molar-refractivity contribution in [2.45, 2.75) is 99.1 Å². The summed E-state index contributed by atoms with van der Waals surface area (Å²) in [5, 5.41) is 3.62. The summed E-state index contributed by atoms with van der Waals surface area (Å²) in [6, 6.07) is 0.807. The lowest BCUT2D eigenvalue weighted by atomic mass is 9.74. The van der Waals surface area contributed by atoms with Gasteiger partial charge < -0.3 is 30.7 Å². The number of hydrogen-bond acceptors (Lipinski definition) is 6. The van der Waals surface area contributed by atoms with Crippen LogP contribution in [0.4, 0.5) is 0 Å². The van der Waals surface area contributed by atoms with Gasteiger partial charge in [-0.3, -0.25) is 9.59 Å². The first-order chi connectivity index (χ1) is 21.3. The third-order valence-corrected chi connectivity index (χ3v) is 11.7.